The van der Waals surface area contributed by atoms with Crippen molar-refractivity contribution in [1.29, 1.82) is 0 Å². The lowest BCUT2D eigenvalue weighted by Gasteiger charge is -2.21. The number of carbonyl (C=O) groups excluding carboxylic acids is 2. The second-order valence-corrected chi connectivity index (χ2v) is 7.33. The minimum absolute atomic E-state index is 0.0490. The number of nitrogens with zero attached hydrogens (tertiary/aromatic N) is 2. The average Bonchev–Trinajstić information content (AvgIpc) is 2.68. The number of urea groups is 1. The Kier molecular flexibility index (Phi) is 7.40. The topological polar surface area (TPSA) is 52.7 Å². The SMILES string of the molecule is CC(C)N(C)C(=O)c1ccc(CNC(=O)N(C)Cc2c(F)cccc2Cl)cc1. The van der Waals surface area contributed by atoms with E-state index >= 15 is 0 Å². The highest BCUT2D eigenvalue weighted by Crippen LogP contribution is 2.20. The Balaban J connectivity index is 1.92. The zero-order valence-corrected chi connectivity index (χ0v) is 17.3. The first-order chi connectivity index (χ1) is 13.2. The van der Waals surface area contributed by atoms with Crippen LogP contribution in [0.3, 0.4) is 0 Å². The Bertz CT molecular complexity index is 820. The first-order valence-electron chi connectivity index (χ1n) is 8.98. The molecule has 0 aromatic heterocycles. The maximum atomic E-state index is 13.9. The van der Waals surface area contributed by atoms with Crippen LogP contribution >= 0.6 is 11.6 Å². The fourth-order valence-corrected chi connectivity index (χ4v) is 2.73. The normalized spacial score (nSPS) is 10.7. The van der Waals surface area contributed by atoms with E-state index in [0.29, 0.717) is 12.1 Å². The van der Waals surface area contributed by atoms with Crippen LogP contribution in [0.1, 0.15) is 35.3 Å². The Morgan fingerprint density at radius 3 is 2.32 bits per heavy atom. The second kappa shape index (κ2) is 9.55. The monoisotopic (exact) mass is 405 g/mol. The zero-order valence-electron chi connectivity index (χ0n) is 16.5. The van der Waals surface area contributed by atoms with E-state index in [1.807, 2.05) is 13.8 Å². The summed E-state index contributed by atoms with van der Waals surface area (Å²) in [5, 5.41) is 3.06. The molecule has 0 bridgehead atoms. The molecule has 0 saturated carbocycles. The number of halogens is 2. The number of carbonyl (C=O) groups is 2. The molecule has 7 heteroatoms. The van der Waals surface area contributed by atoms with E-state index in [1.165, 1.54) is 17.0 Å². The largest absolute Gasteiger partial charge is 0.339 e. The molecule has 0 heterocycles. The summed E-state index contributed by atoms with van der Waals surface area (Å²) in [7, 11) is 3.33. The molecule has 28 heavy (non-hydrogen) atoms. The second-order valence-electron chi connectivity index (χ2n) is 6.92. The van der Waals surface area contributed by atoms with Gasteiger partial charge in [0.25, 0.3) is 5.91 Å². The molecule has 0 aliphatic heterocycles. The van der Waals surface area contributed by atoms with Crippen LogP contribution in [0.15, 0.2) is 42.5 Å². The van der Waals surface area contributed by atoms with E-state index < -0.39 is 5.82 Å². The van der Waals surface area contributed by atoms with E-state index in [1.54, 1.807) is 49.3 Å². The van der Waals surface area contributed by atoms with Gasteiger partial charge in [-0.15, -0.1) is 0 Å². The number of rotatable bonds is 6. The fourth-order valence-electron chi connectivity index (χ4n) is 2.51. The smallest absolute Gasteiger partial charge is 0.317 e. The van der Waals surface area contributed by atoms with E-state index in [9.17, 15) is 14.0 Å². The molecular weight excluding hydrogens is 381 g/mol. The summed E-state index contributed by atoms with van der Waals surface area (Å²) in [6, 6.07) is 11.3. The molecule has 1 N–H and O–H groups in total. The van der Waals surface area contributed by atoms with Gasteiger partial charge in [0, 0.05) is 42.8 Å². The summed E-state index contributed by atoms with van der Waals surface area (Å²) < 4.78 is 13.9. The quantitative estimate of drug-likeness (QED) is 0.778. The molecule has 0 atom stereocenters. The first-order valence-corrected chi connectivity index (χ1v) is 9.36. The number of benzene rings is 2. The van der Waals surface area contributed by atoms with E-state index in [2.05, 4.69) is 5.32 Å². The maximum absolute atomic E-state index is 13.9. The van der Waals surface area contributed by atoms with Crippen molar-refractivity contribution in [3.05, 3.63) is 70.0 Å². The molecular formula is C21H25ClFN3O2. The average molecular weight is 406 g/mol. The summed E-state index contributed by atoms with van der Waals surface area (Å²) in [6.07, 6.45) is 0. The van der Waals surface area contributed by atoms with Gasteiger partial charge in [0.2, 0.25) is 0 Å². The lowest BCUT2D eigenvalue weighted by molar-refractivity contribution is 0.0755. The lowest BCUT2D eigenvalue weighted by atomic mass is 10.1. The molecule has 3 amide bonds. The molecule has 150 valence electrons. The third-order valence-corrected chi connectivity index (χ3v) is 4.90. The Hall–Kier alpha value is -2.60. The van der Waals surface area contributed by atoms with Gasteiger partial charge in [-0.3, -0.25) is 4.79 Å². The third-order valence-electron chi connectivity index (χ3n) is 4.54. The minimum Gasteiger partial charge on any atom is -0.339 e. The Morgan fingerprint density at radius 1 is 1.11 bits per heavy atom. The van der Waals surface area contributed by atoms with Crippen LogP contribution < -0.4 is 5.32 Å². The van der Waals surface area contributed by atoms with Gasteiger partial charge in [0.05, 0.1) is 6.54 Å². The van der Waals surface area contributed by atoms with Crippen molar-refractivity contribution in [2.24, 2.45) is 0 Å². The summed E-state index contributed by atoms with van der Waals surface area (Å²) in [5.74, 6) is -0.495. The number of nitrogens with one attached hydrogen (secondary N) is 1. The highest BCUT2D eigenvalue weighted by Gasteiger charge is 2.15. The molecule has 5 nitrogen and oxygen atoms in total. The van der Waals surface area contributed by atoms with Crippen LogP contribution in [0, 0.1) is 5.82 Å². The van der Waals surface area contributed by atoms with Crippen LogP contribution in [0.25, 0.3) is 0 Å². The lowest BCUT2D eigenvalue weighted by Crippen LogP contribution is -2.36. The molecule has 0 radical (unpaired) electrons. The van der Waals surface area contributed by atoms with Gasteiger partial charge in [-0.25, -0.2) is 9.18 Å². The predicted octanol–water partition coefficient (Wildman–Crippen LogP) is 4.30. The van der Waals surface area contributed by atoms with Crippen molar-refractivity contribution < 1.29 is 14.0 Å². The molecule has 0 spiro atoms. The van der Waals surface area contributed by atoms with Crippen molar-refractivity contribution >= 4 is 23.5 Å². The Morgan fingerprint density at radius 2 is 1.75 bits per heavy atom. The van der Waals surface area contributed by atoms with Crippen LogP contribution in [0.4, 0.5) is 9.18 Å². The number of hydrogen-bond donors (Lipinski definition) is 1. The molecule has 2 aromatic rings. The molecule has 2 aromatic carbocycles. The van der Waals surface area contributed by atoms with E-state index in [0.717, 1.165) is 5.56 Å². The first kappa shape index (κ1) is 21.7. The van der Waals surface area contributed by atoms with Crippen molar-refractivity contribution in [3.8, 4) is 0 Å². The van der Waals surface area contributed by atoms with Crippen LogP contribution in [0.5, 0.6) is 0 Å². The van der Waals surface area contributed by atoms with Gasteiger partial charge in [0.1, 0.15) is 5.82 Å². The maximum Gasteiger partial charge on any atom is 0.317 e. The highest BCUT2D eigenvalue weighted by atomic mass is 35.5. The predicted molar refractivity (Wildman–Crippen MR) is 109 cm³/mol. The van der Waals surface area contributed by atoms with Crippen LogP contribution in [-0.2, 0) is 13.1 Å². The van der Waals surface area contributed by atoms with Crippen molar-refractivity contribution in [3.63, 3.8) is 0 Å². The van der Waals surface area contributed by atoms with Gasteiger partial charge >= 0.3 is 6.03 Å². The van der Waals surface area contributed by atoms with Gasteiger partial charge < -0.3 is 15.1 Å². The molecule has 2 rings (SSSR count). The van der Waals surface area contributed by atoms with Gasteiger partial charge in [-0.1, -0.05) is 29.8 Å². The van der Waals surface area contributed by atoms with Crippen LogP contribution in [0.2, 0.25) is 5.02 Å². The van der Waals surface area contributed by atoms with Gasteiger partial charge in [-0.05, 0) is 43.7 Å². The summed E-state index contributed by atoms with van der Waals surface area (Å²) >= 11 is 6.00. The molecule has 0 aliphatic carbocycles. The molecule has 0 unspecified atom stereocenters. The minimum atomic E-state index is -0.446. The Labute approximate surface area is 170 Å². The zero-order chi connectivity index (χ0) is 20.8. The summed E-state index contributed by atoms with van der Waals surface area (Å²) in [4.78, 5) is 27.6. The standard InChI is InChI=1S/C21H25ClFN3O2/c1-14(2)26(4)20(27)16-10-8-15(9-11-16)12-24-21(28)25(3)13-17-18(22)6-5-7-19(17)23/h5-11,14H,12-13H2,1-4H3,(H,24,28). The van der Waals surface area contributed by atoms with Crippen LogP contribution in [-0.4, -0.2) is 41.9 Å². The van der Waals surface area contributed by atoms with E-state index in [-0.39, 0.29) is 35.1 Å². The van der Waals surface area contributed by atoms with Gasteiger partial charge in [-0.2, -0.15) is 0 Å². The van der Waals surface area contributed by atoms with Gasteiger partial charge in [0.15, 0.2) is 0 Å². The summed E-state index contributed by atoms with van der Waals surface area (Å²) in [6.45, 7) is 4.26. The summed E-state index contributed by atoms with van der Waals surface area (Å²) in [5.41, 5.74) is 1.73. The fraction of sp³-hybridized carbons (Fsp3) is 0.333. The van der Waals surface area contributed by atoms with Crippen molar-refractivity contribution in [2.45, 2.75) is 33.0 Å². The van der Waals surface area contributed by atoms with Crippen molar-refractivity contribution in [2.75, 3.05) is 14.1 Å². The number of amides is 3. The van der Waals surface area contributed by atoms with Crippen molar-refractivity contribution in [1.82, 2.24) is 15.1 Å². The molecule has 0 aliphatic rings. The number of hydrogen-bond acceptors (Lipinski definition) is 2. The molecule has 0 fully saturated rings. The highest BCUT2D eigenvalue weighted by molar-refractivity contribution is 6.31. The third kappa shape index (κ3) is 5.45. The van der Waals surface area contributed by atoms with E-state index in [4.69, 9.17) is 11.6 Å². The molecule has 0 saturated heterocycles.